The van der Waals surface area contributed by atoms with Gasteiger partial charge in [-0.15, -0.1) is 11.8 Å². The molecule has 1 aliphatic carbocycles. The minimum atomic E-state index is 0.706. The highest BCUT2D eigenvalue weighted by molar-refractivity contribution is 8.01. The second-order valence-electron chi connectivity index (χ2n) is 3.24. The first-order valence-corrected chi connectivity index (χ1v) is 4.57. The number of rotatable bonds is 0. The number of nitrogens with one attached hydrogen (secondary N) is 1. The van der Waals surface area contributed by atoms with E-state index >= 15 is 0 Å². The van der Waals surface area contributed by atoms with Gasteiger partial charge < -0.3 is 5.32 Å². The summed E-state index contributed by atoms with van der Waals surface area (Å²) in [7, 11) is 0. The first-order chi connectivity index (χ1) is 4.31. The average molecular weight is 143 g/mol. The molecule has 0 bridgehead atoms. The fourth-order valence-corrected chi connectivity index (χ4v) is 3.03. The molecule has 1 saturated carbocycles. The highest BCUT2D eigenvalue weighted by Crippen LogP contribution is 2.51. The lowest BCUT2D eigenvalue weighted by atomic mass is 10.3. The topological polar surface area (TPSA) is 12.0 Å². The smallest absolute Gasteiger partial charge is 0.0288 e. The Hall–Kier alpha value is 0.310. The second kappa shape index (κ2) is 1.89. The Morgan fingerprint density at radius 2 is 2.33 bits per heavy atom. The molecule has 1 spiro atoms. The van der Waals surface area contributed by atoms with Gasteiger partial charge in [0.1, 0.15) is 0 Å². The molecule has 2 heteroatoms. The van der Waals surface area contributed by atoms with E-state index in [0.717, 1.165) is 5.25 Å². The van der Waals surface area contributed by atoms with Gasteiger partial charge >= 0.3 is 0 Å². The van der Waals surface area contributed by atoms with Gasteiger partial charge in [-0.2, -0.15) is 0 Å². The van der Waals surface area contributed by atoms with Crippen LogP contribution in [0.1, 0.15) is 19.8 Å². The Bertz CT molecular complexity index is 120. The zero-order valence-electron chi connectivity index (χ0n) is 5.81. The van der Waals surface area contributed by atoms with E-state index in [0.29, 0.717) is 4.75 Å². The van der Waals surface area contributed by atoms with Crippen molar-refractivity contribution in [3.05, 3.63) is 0 Å². The van der Waals surface area contributed by atoms with Crippen molar-refractivity contribution in [1.82, 2.24) is 5.32 Å². The lowest BCUT2D eigenvalue weighted by Crippen LogP contribution is -2.38. The molecule has 2 rings (SSSR count). The van der Waals surface area contributed by atoms with E-state index in [-0.39, 0.29) is 0 Å². The van der Waals surface area contributed by atoms with E-state index < -0.39 is 0 Å². The number of hydrogen-bond acceptors (Lipinski definition) is 2. The first kappa shape index (κ1) is 6.05. The van der Waals surface area contributed by atoms with Gasteiger partial charge in [-0.3, -0.25) is 0 Å². The lowest BCUT2D eigenvalue weighted by Gasteiger charge is -2.26. The van der Waals surface area contributed by atoms with Gasteiger partial charge in [-0.1, -0.05) is 6.92 Å². The fraction of sp³-hybridized carbons (Fsp3) is 1.00. The number of hydrogen-bond donors (Lipinski definition) is 1. The van der Waals surface area contributed by atoms with Crippen molar-refractivity contribution in [2.75, 3.05) is 13.1 Å². The van der Waals surface area contributed by atoms with Crippen molar-refractivity contribution in [1.29, 1.82) is 0 Å². The molecule has 1 saturated heterocycles. The Balaban J connectivity index is 1.96. The maximum absolute atomic E-state index is 3.47. The fourth-order valence-electron chi connectivity index (χ4n) is 1.45. The molecule has 1 heterocycles. The molecule has 1 aliphatic heterocycles. The third-order valence-electron chi connectivity index (χ3n) is 2.14. The van der Waals surface area contributed by atoms with Crippen LogP contribution in [-0.4, -0.2) is 23.1 Å². The standard InChI is InChI=1S/C7H13NS/c1-6-4-8-5-7(9-6)2-3-7/h6,8H,2-5H2,1H3. The van der Waals surface area contributed by atoms with Gasteiger partial charge in [0, 0.05) is 23.1 Å². The molecule has 1 nitrogen and oxygen atoms in total. The van der Waals surface area contributed by atoms with E-state index in [1.165, 1.54) is 25.9 Å². The van der Waals surface area contributed by atoms with E-state index in [1.54, 1.807) is 0 Å². The Morgan fingerprint density at radius 1 is 1.56 bits per heavy atom. The summed E-state index contributed by atoms with van der Waals surface area (Å²) in [5.74, 6) is 0. The second-order valence-corrected chi connectivity index (χ2v) is 5.15. The predicted octanol–water partition coefficient (Wildman–Crippen LogP) is 1.24. The van der Waals surface area contributed by atoms with E-state index in [1.807, 2.05) is 0 Å². The summed E-state index contributed by atoms with van der Waals surface area (Å²) in [5, 5.41) is 4.31. The van der Waals surface area contributed by atoms with Crippen LogP contribution in [0.4, 0.5) is 0 Å². The molecule has 2 aliphatic rings. The van der Waals surface area contributed by atoms with Crippen LogP contribution in [0, 0.1) is 0 Å². The molecule has 0 aromatic rings. The van der Waals surface area contributed by atoms with Crippen molar-refractivity contribution in [3.8, 4) is 0 Å². The summed E-state index contributed by atoms with van der Waals surface area (Å²) in [5.41, 5.74) is 0. The van der Waals surface area contributed by atoms with Crippen LogP contribution in [0.3, 0.4) is 0 Å². The van der Waals surface area contributed by atoms with Crippen LogP contribution >= 0.6 is 11.8 Å². The molecule has 1 atom stereocenters. The van der Waals surface area contributed by atoms with E-state index in [9.17, 15) is 0 Å². The van der Waals surface area contributed by atoms with Crippen molar-refractivity contribution < 1.29 is 0 Å². The van der Waals surface area contributed by atoms with Gasteiger partial charge in [0.25, 0.3) is 0 Å². The van der Waals surface area contributed by atoms with Crippen molar-refractivity contribution >= 4 is 11.8 Å². The normalized spacial score (nSPS) is 39.0. The van der Waals surface area contributed by atoms with Crippen molar-refractivity contribution in [2.45, 2.75) is 29.8 Å². The minimum absolute atomic E-state index is 0.706. The molecular formula is C7H13NS. The number of thioether (sulfide) groups is 1. The van der Waals surface area contributed by atoms with Crippen LogP contribution in [-0.2, 0) is 0 Å². The average Bonchev–Trinajstić information content (AvgIpc) is 2.49. The van der Waals surface area contributed by atoms with Crippen LogP contribution < -0.4 is 5.32 Å². The lowest BCUT2D eigenvalue weighted by molar-refractivity contribution is 0.627. The molecule has 2 fully saturated rings. The molecular weight excluding hydrogens is 130 g/mol. The summed E-state index contributed by atoms with van der Waals surface area (Å²) in [6, 6.07) is 0. The van der Waals surface area contributed by atoms with Gasteiger partial charge in [0.05, 0.1) is 0 Å². The molecule has 9 heavy (non-hydrogen) atoms. The zero-order chi connectivity index (χ0) is 6.32. The maximum Gasteiger partial charge on any atom is 0.0288 e. The van der Waals surface area contributed by atoms with Gasteiger partial charge in [-0.05, 0) is 12.8 Å². The Labute approximate surface area is 60.6 Å². The summed E-state index contributed by atoms with van der Waals surface area (Å²) < 4.78 is 0.706. The molecule has 0 aromatic carbocycles. The summed E-state index contributed by atoms with van der Waals surface area (Å²) >= 11 is 2.19. The molecule has 52 valence electrons. The maximum atomic E-state index is 3.47. The molecule has 0 amide bonds. The highest BCUT2D eigenvalue weighted by Gasteiger charge is 2.45. The Kier molecular flexibility index (Phi) is 1.27. The minimum Gasteiger partial charge on any atom is -0.314 e. The summed E-state index contributed by atoms with van der Waals surface area (Å²) in [6.07, 6.45) is 2.91. The largest absolute Gasteiger partial charge is 0.314 e. The first-order valence-electron chi connectivity index (χ1n) is 3.69. The Morgan fingerprint density at radius 3 is 2.78 bits per heavy atom. The molecule has 0 radical (unpaired) electrons. The SMILES string of the molecule is CC1CNCC2(CC2)S1. The zero-order valence-corrected chi connectivity index (χ0v) is 6.63. The monoisotopic (exact) mass is 143 g/mol. The quantitative estimate of drug-likeness (QED) is 0.547. The van der Waals surface area contributed by atoms with Gasteiger partial charge in [0.15, 0.2) is 0 Å². The highest BCUT2D eigenvalue weighted by atomic mass is 32.2. The van der Waals surface area contributed by atoms with Gasteiger partial charge in [0.2, 0.25) is 0 Å². The van der Waals surface area contributed by atoms with Crippen LogP contribution in [0.15, 0.2) is 0 Å². The molecule has 1 unspecified atom stereocenters. The summed E-state index contributed by atoms with van der Waals surface area (Å²) in [4.78, 5) is 0. The van der Waals surface area contributed by atoms with Crippen LogP contribution in [0.25, 0.3) is 0 Å². The van der Waals surface area contributed by atoms with Gasteiger partial charge in [-0.25, -0.2) is 0 Å². The molecule has 0 aromatic heterocycles. The summed E-state index contributed by atoms with van der Waals surface area (Å²) in [6.45, 7) is 4.80. The third kappa shape index (κ3) is 1.10. The van der Waals surface area contributed by atoms with Crippen molar-refractivity contribution in [2.24, 2.45) is 0 Å². The molecule has 1 N–H and O–H groups in total. The van der Waals surface area contributed by atoms with E-state index in [2.05, 4.69) is 24.0 Å². The van der Waals surface area contributed by atoms with Crippen LogP contribution in [0.5, 0.6) is 0 Å². The van der Waals surface area contributed by atoms with E-state index in [4.69, 9.17) is 0 Å². The van der Waals surface area contributed by atoms with Crippen LogP contribution in [0.2, 0.25) is 0 Å². The van der Waals surface area contributed by atoms with Crippen molar-refractivity contribution in [3.63, 3.8) is 0 Å². The predicted molar refractivity (Wildman–Crippen MR) is 41.9 cm³/mol. The third-order valence-corrected chi connectivity index (χ3v) is 3.76.